The van der Waals surface area contributed by atoms with E-state index in [1.165, 1.54) is 30.3 Å². The topological polar surface area (TPSA) is 50.9 Å². The summed E-state index contributed by atoms with van der Waals surface area (Å²) in [5, 5.41) is 5.94. The maximum absolute atomic E-state index is 6.03. The lowest BCUT2D eigenvalue weighted by Crippen LogP contribution is -2.30. The number of nitrogen functional groups attached to an aromatic ring is 1. The molecule has 3 nitrogen and oxygen atoms in total. The Morgan fingerprint density at radius 2 is 1.80 bits per heavy atom. The summed E-state index contributed by atoms with van der Waals surface area (Å²) < 4.78 is 0. The number of nitrogens with two attached hydrogens (primary N) is 1. The van der Waals surface area contributed by atoms with Crippen LogP contribution in [0.25, 0.3) is 10.8 Å². The summed E-state index contributed by atoms with van der Waals surface area (Å²) in [5.41, 5.74) is 8.01. The fraction of sp³-hybridized carbons (Fsp3) is 0.471. The van der Waals surface area contributed by atoms with Gasteiger partial charge in [0.25, 0.3) is 0 Å². The van der Waals surface area contributed by atoms with Crippen molar-refractivity contribution in [3.8, 4) is 0 Å². The van der Waals surface area contributed by atoms with Crippen molar-refractivity contribution in [2.45, 2.75) is 39.2 Å². The summed E-state index contributed by atoms with van der Waals surface area (Å²) >= 11 is 0. The summed E-state index contributed by atoms with van der Waals surface area (Å²) in [7, 11) is 0. The van der Waals surface area contributed by atoms with Crippen LogP contribution in [0.3, 0.4) is 0 Å². The Bertz CT molecular complexity index is 598. The van der Waals surface area contributed by atoms with Gasteiger partial charge in [-0.2, -0.15) is 0 Å². The van der Waals surface area contributed by atoms with Gasteiger partial charge in [-0.25, -0.2) is 0 Å². The third-order valence-corrected chi connectivity index (χ3v) is 4.39. The summed E-state index contributed by atoms with van der Waals surface area (Å²) in [6, 6.07) is 6.68. The fourth-order valence-electron chi connectivity index (χ4n) is 3.62. The number of nitrogens with one attached hydrogen (secondary N) is 1. The lowest BCUT2D eigenvalue weighted by molar-refractivity contribution is 0.281. The van der Waals surface area contributed by atoms with Crippen LogP contribution < -0.4 is 11.1 Å². The molecule has 1 heterocycles. The average molecular weight is 269 g/mol. The minimum absolute atomic E-state index is 0.564. The fourth-order valence-corrected chi connectivity index (χ4v) is 3.62. The standard InChI is InChI=1S/C17H23N3/c1-11-7-12(2)9-13(8-11)20-17-4-3-16(18)15-10-19-6-5-14(15)17/h3-6,10-13,20H,7-9,18H2,1-2H3. The van der Waals surface area contributed by atoms with Gasteiger partial charge < -0.3 is 11.1 Å². The van der Waals surface area contributed by atoms with Crippen LogP contribution in [-0.4, -0.2) is 11.0 Å². The Labute approximate surface area is 120 Å². The molecule has 3 N–H and O–H groups in total. The second kappa shape index (κ2) is 5.31. The first-order chi connectivity index (χ1) is 9.63. The van der Waals surface area contributed by atoms with Gasteiger partial charge in [-0.1, -0.05) is 13.8 Å². The molecule has 0 bridgehead atoms. The molecule has 2 unspecified atom stereocenters. The predicted molar refractivity (Wildman–Crippen MR) is 85.7 cm³/mol. The first-order valence-corrected chi connectivity index (χ1v) is 7.52. The van der Waals surface area contributed by atoms with Gasteiger partial charge in [0.15, 0.2) is 0 Å². The van der Waals surface area contributed by atoms with Gasteiger partial charge in [-0.3, -0.25) is 4.98 Å². The summed E-state index contributed by atoms with van der Waals surface area (Å²) in [4.78, 5) is 4.18. The van der Waals surface area contributed by atoms with Gasteiger partial charge in [0.2, 0.25) is 0 Å². The highest BCUT2D eigenvalue weighted by Gasteiger charge is 2.24. The average Bonchev–Trinajstić information content (AvgIpc) is 2.41. The molecule has 1 aromatic heterocycles. The SMILES string of the molecule is CC1CC(C)CC(Nc2ccc(N)c3cnccc23)C1. The Morgan fingerprint density at radius 3 is 2.55 bits per heavy atom. The zero-order valence-corrected chi connectivity index (χ0v) is 12.3. The van der Waals surface area contributed by atoms with Crippen molar-refractivity contribution in [1.29, 1.82) is 0 Å². The lowest BCUT2D eigenvalue weighted by Gasteiger charge is -2.33. The highest BCUT2D eigenvalue weighted by atomic mass is 14.9. The van der Waals surface area contributed by atoms with Gasteiger partial charge in [-0.15, -0.1) is 0 Å². The molecule has 1 aromatic carbocycles. The molecular formula is C17H23N3. The van der Waals surface area contributed by atoms with Crippen LogP contribution in [0, 0.1) is 11.8 Å². The zero-order chi connectivity index (χ0) is 14.1. The van der Waals surface area contributed by atoms with E-state index in [1.807, 2.05) is 24.5 Å². The summed E-state index contributed by atoms with van der Waals surface area (Å²) in [6.45, 7) is 4.71. The molecule has 106 valence electrons. The number of anilines is 2. The third-order valence-electron chi connectivity index (χ3n) is 4.39. The Kier molecular flexibility index (Phi) is 3.51. The minimum atomic E-state index is 0.564. The molecule has 1 aliphatic carbocycles. The first-order valence-electron chi connectivity index (χ1n) is 7.52. The summed E-state index contributed by atoms with van der Waals surface area (Å²) in [5.74, 6) is 1.61. The van der Waals surface area contributed by atoms with Crippen LogP contribution in [0.2, 0.25) is 0 Å². The van der Waals surface area contributed by atoms with Crippen molar-refractivity contribution in [3.63, 3.8) is 0 Å². The number of rotatable bonds is 2. The van der Waals surface area contributed by atoms with Crippen LogP contribution in [0.1, 0.15) is 33.1 Å². The summed E-state index contributed by atoms with van der Waals surface area (Å²) in [6.07, 6.45) is 7.54. The molecule has 0 amide bonds. The van der Waals surface area contributed by atoms with E-state index in [2.05, 4.69) is 30.2 Å². The van der Waals surface area contributed by atoms with Crippen LogP contribution in [-0.2, 0) is 0 Å². The largest absolute Gasteiger partial charge is 0.398 e. The molecule has 3 heteroatoms. The van der Waals surface area contributed by atoms with E-state index in [4.69, 9.17) is 5.73 Å². The third kappa shape index (κ3) is 2.58. The van der Waals surface area contributed by atoms with Crippen molar-refractivity contribution < 1.29 is 0 Å². The Morgan fingerprint density at radius 1 is 1.05 bits per heavy atom. The van der Waals surface area contributed by atoms with Crippen LogP contribution in [0.4, 0.5) is 11.4 Å². The van der Waals surface area contributed by atoms with Crippen molar-refractivity contribution >= 4 is 22.1 Å². The molecule has 1 saturated carbocycles. The van der Waals surface area contributed by atoms with Crippen molar-refractivity contribution in [2.75, 3.05) is 11.1 Å². The molecule has 0 aliphatic heterocycles. The van der Waals surface area contributed by atoms with E-state index in [-0.39, 0.29) is 0 Å². The number of nitrogens with zero attached hydrogens (tertiary/aromatic N) is 1. The molecule has 1 aliphatic rings. The Hall–Kier alpha value is -1.77. The molecule has 0 radical (unpaired) electrons. The van der Waals surface area contributed by atoms with Gasteiger partial charge in [0, 0.05) is 40.6 Å². The normalized spacial score (nSPS) is 26.6. The van der Waals surface area contributed by atoms with E-state index in [1.54, 1.807) is 0 Å². The molecule has 2 aromatic rings. The van der Waals surface area contributed by atoms with Crippen molar-refractivity contribution in [3.05, 3.63) is 30.6 Å². The second-order valence-corrected chi connectivity index (χ2v) is 6.38. The number of pyridine rings is 1. The molecule has 0 spiro atoms. The minimum Gasteiger partial charge on any atom is -0.398 e. The van der Waals surface area contributed by atoms with Gasteiger partial charge >= 0.3 is 0 Å². The zero-order valence-electron chi connectivity index (χ0n) is 12.3. The predicted octanol–water partition coefficient (Wildman–Crippen LogP) is 4.05. The highest BCUT2D eigenvalue weighted by molar-refractivity contribution is 6.00. The monoisotopic (exact) mass is 269 g/mol. The maximum atomic E-state index is 6.03. The van der Waals surface area contributed by atoms with Crippen molar-refractivity contribution in [1.82, 2.24) is 4.98 Å². The smallest absolute Gasteiger partial charge is 0.0424 e. The van der Waals surface area contributed by atoms with E-state index < -0.39 is 0 Å². The second-order valence-electron chi connectivity index (χ2n) is 6.38. The first kappa shape index (κ1) is 13.2. The molecule has 0 saturated heterocycles. The quantitative estimate of drug-likeness (QED) is 0.808. The van der Waals surface area contributed by atoms with Gasteiger partial charge in [0.05, 0.1) is 0 Å². The Balaban J connectivity index is 1.89. The van der Waals surface area contributed by atoms with Gasteiger partial charge in [-0.05, 0) is 49.3 Å². The number of fused-ring (bicyclic) bond motifs is 1. The lowest BCUT2D eigenvalue weighted by atomic mass is 9.80. The number of benzene rings is 1. The van der Waals surface area contributed by atoms with Crippen molar-refractivity contribution in [2.24, 2.45) is 11.8 Å². The number of hydrogen-bond acceptors (Lipinski definition) is 3. The van der Waals surface area contributed by atoms with E-state index in [0.29, 0.717) is 6.04 Å². The highest BCUT2D eigenvalue weighted by Crippen LogP contribution is 2.33. The van der Waals surface area contributed by atoms with E-state index in [0.717, 1.165) is 22.9 Å². The van der Waals surface area contributed by atoms with Crippen LogP contribution in [0.5, 0.6) is 0 Å². The van der Waals surface area contributed by atoms with E-state index >= 15 is 0 Å². The molecule has 3 rings (SSSR count). The molecule has 2 atom stereocenters. The van der Waals surface area contributed by atoms with Crippen LogP contribution in [0.15, 0.2) is 30.6 Å². The molecular weight excluding hydrogens is 246 g/mol. The maximum Gasteiger partial charge on any atom is 0.0424 e. The van der Waals surface area contributed by atoms with E-state index in [9.17, 15) is 0 Å². The van der Waals surface area contributed by atoms with Gasteiger partial charge in [0.1, 0.15) is 0 Å². The number of aromatic nitrogens is 1. The molecule has 20 heavy (non-hydrogen) atoms. The number of hydrogen-bond donors (Lipinski definition) is 2. The molecule has 1 fully saturated rings. The van der Waals surface area contributed by atoms with Crippen LogP contribution >= 0.6 is 0 Å².